The highest BCUT2D eigenvalue weighted by molar-refractivity contribution is 7.93. The van der Waals surface area contributed by atoms with Crippen LogP contribution in [0.4, 0.5) is 4.79 Å². The Kier molecular flexibility index (Phi) is 4.36. The number of hydrogen-bond acceptors (Lipinski definition) is 4. The highest BCUT2D eigenvalue weighted by Crippen LogP contribution is 2.41. The Labute approximate surface area is 138 Å². The molecule has 2 aliphatic rings. The molecule has 1 amide bonds. The zero-order valence-corrected chi connectivity index (χ0v) is 14.5. The minimum atomic E-state index is -2.58. The van der Waals surface area contributed by atoms with Crippen LogP contribution in [0.5, 0.6) is 0 Å². The first-order valence-electron chi connectivity index (χ1n) is 8.16. The molecule has 0 bridgehead atoms. The van der Waals surface area contributed by atoms with Gasteiger partial charge in [-0.05, 0) is 31.9 Å². The Morgan fingerprint density at radius 2 is 2.09 bits per heavy atom. The maximum atomic E-state index is 13.5. The number of carbonyl (C=O) groups is 1. The lowest BCUT2D eigenvalue weighted by Gasteiger charge is -2.50. The summed E-state index contributed by atoms with van der Waals surface area (Å²) < 4.78 is 23.1. The first kappa shape index (κ1) is 16.3. The molecule has 5 nitrogen and oxygen atoms in total. The number of ether oxygens (including phenoxy) is 1. The molecule has 0 radical (unpaired) electrons. The van der Waals surface area contributed by atoms with Crippen LogP contribution in [0.25, 0.3) is 0 Å². The normalized spacial score (nSPS) is 32.9. The number of cyclic esters (lactones) is 1. The number of carbonyl (C=O) groups excluding carboxylic acids is 1. The maximum absolute atomic E-state index is 13.5. The number of fused-ring (bicyclic) bond motifs is 1. The smallest absolute Gasteiger partial charge is 0.407 e. The molecule has 1 aromatic carbocycles. The summed E-state index contributed by atoms with van der Waals surface area (Å²) in [5, 5.41) is 3.02. The van der Waals surface area contributed by atoms with Gasteiger partial charge in [0.2, 0.25) is 0 Å². The van der Waals surface area contributed by atoms with Crippen molar-refractivity contribution < 1.29 is 13.7 Å². The SMILES string of the molecule is CN=S(=O)(C[C@@]12CCCC[C@@H]1[C@@H](C)OC(=O)N2)c1ccccc1. The number of rotatable bonds is 3. The fraction of sp³-hybridized carbons (Fsp3) is 0.588. The lowest BCUT2D eigenvalue weighted by molar-refractivity contribution is -0.0219. The third kappa shape index (κ3) is 2.96. The van der Waals surface area contributed by atoms with Gasteiger partial charge in [-0.1, -0.05) is 31.0 Å². The molecule has 6 heteroatoms. The van der Waals surface area contributed by atoms with E-state index < -0.39 is 21.4 Å². The first-order valence-corrected chi connectivity index (χ1v) is 9.84. The predicted molar refractivity (Wildman–Crippen MR) is 89.8 cm³/mol. The van der Waals surface area contributed by atoms with Crippen LogP contribution >= 0.6 is 0 Å². The maximum Gasteiger partial charge on any atom is 0.407 e. The van der Waals surface area contributed by atoms with Crippen LogP contribution in [0, 0.1) is 5.92 Å². The molecule has 1 saturated heterocycles. The van der Waals surface area contributed by atoms with Gasteiger partial charge in [-0.25, -0.2) is 13.4 Å². The van der Waals surface area contributed by atoms with Gasteiger partial charge in [0.1, 0.15) is 6.10 Å². The second kappa shape index (κ2) is 6.15. The third-order valence-electron chi connectivity index (χ3n) is 5.17. The highest BCUT2D eigenvalue weighted by atomic mass is 32.2. The van der Waals surface area contributed by atoms with E-state index in [1.54, 1.807) is 7.05 Å². The van der Waals surface area contributed by atoms with Crippen molar-refractivity contribution >= 4 is 15.8 Å². The summed E-state index contributed by atoms with van der Waals surface area (Å²) in [7, 11) is -0.972. The fourth-order valence-corrected chi connectivity index (χ4v) is 6.26. The van der Waals surface area contributed by atoms with E-state index in [1.807, 2.05) is 37.3 Å². The van der Waals surface area contributed by atoms with E-state index in [2.05, 4.69) is 9.68 Å². The van der Waals surface area contributed by atoms with E-state index in [9.17, 15) is 9.00 Å². The van der Waals surface area contributed by atoms with Crippen LogP contribution in [-0.2, 0) is 14.5 Å². The zero-order chi connectivity index (χ0) is 16.5. The van der Waals surface area contributed by atoms with Gasteiger partial charge in [-0.15, -0.1) is 0 Å². The van der Waals surface area contributed by atoms with Gasteiger partial charge in [0.05, 0.1) is 21.0 Å². The van der Waals surface area contributed by atoms with Crippen molar-refractivity contribution in [3.63, 3.8) is 0 Å². The molecule has 0 spiro atoms. The number of hydrogen-bond donors (Lipinski definition) is 1. The zero-order valence-electron chi connectivity index (χ0n) is 13.7. The minimum Gasteiger partial charge on any atom is -0.446 e. The topological polar surface area (TPSA) is 67.8 Å². The van der Waals surface area contributed by atoms with Crippen LogP contribution in [0.1, 0.15) is 32.6 Å². The van der Waals surface area contributed by atoms with Crippen LogP contribution in [0.3, 0.4) is 0 Å². The lowest BCUT2D eigenvalue weighted by Crippen LogP contribution is -2.66. The molecule has 1 aliphatic carbocycles. The average molecular weight is 336 g/mol. The lowest BCUT2D eigenvalue weighted by atomic mass is 9.70. The van der Waals surface area contributed by atoms with Gasteiger partial charge in [0.15, 0.2) is 0 Å². The van der Waals surface area contributed by atoms with E-state index in [4.69, 9.17) is 4.74 Å². The third-order valence-corrected chi connectivity index (χ3v) is 7.67. The summed E-state index contributed by atoms with van der Waals surface area (Å²) in [6.07, 6.45) is 3.40. The second-order valence-corrected chi connectivity index (χ2v) is 8.93. The van der Waals surface area contributed by atoms with Crippen molar-refractivity contribution in [2.75, 3.05) is 12.8 Å². The van der Waals surface area contributed by atoms with Crippen LogP contribution in [0.15, 0.2) is 39.6 Å². The van der Waals surface area contributed by atoms with Crippen molar-refractivity contribution in [3.05, 3.63) is 30.3 Å². The largest absolute Gasteiger partial charge is 0.446 e. The van der Waals surface area contributed by atoms with E-state index in [-0.39, 0.29) is 12.0 Å². The molecule has 4 atom stereocenters. The Morgan fingerprint density at radius 3 is 2.78 bits per heavy atom. The second-order valence-electron chi connectivity index (χ2n) is 6.52. The van der Waals surface area contributed by atoms with Crippen molar-refractivity contribution in [2.45, 2.75) is 49.1 Å². The minimum absolute atomic E-state index is 0.152. The van der Waals surface area contributed by atoms with Crippen LogP contribution < -0.4 is 5.32 Å². The fourth-order valence-electron chi connectivity index (χ4n) is 4.04. The molecule has 126 valence electrons. The van der Waals surface area contributed by atoms with Crippen molar-refractivity contribution in [1.82, 2.24) is 5.32 Å². The first-order chi connectivity index (χ1) is 11.0. The number of amides is 1. The van der Waals surface area contributed by atoms with Gasteiger partial charge < -0.3 is 10.1 Å². The molecule has 1 N–H and O–H groups in total. The van der Waals surface area contributed by atoms with Gasteiger partial charge in [0.25, 0.3) is 0 Å². The van der Waals surface area contributed by atoms with E-state index in [0.717, 1.165) is 30.6 Å². The molecule has 2 fully saturated rings. The molecular formula is C17H24N2O3S. The highest BCUT2D eigenvalue weighted by Gasteiger charge is 2.51. The molecule has 1 aromatic rings. The summed E-state index contributed by atoms with van der Waals surface area (Å²) in [5.74, 6) is 0.533. The monoisotopic (exact) mass is 336 g/mol. The predicted octanol–water partition coefficient (Wildman–Crippen LogP) is 3.20. The van der Waals surface area contributed by atoms with Crippen LogP contribution in [0.2, 0.25) is 0 Å². The van der Waals surface area contributed by atoms with Crippen molar-refractivity contribution in [1.29, 1.82) is 0 Å². The van der Waals surface area contributed by atoms with Crippen LogP contribution in [-0.4, -0.2) is 34.7 Å². The van der Waals surface area contributed by atoms with Gasteiger partial charge in [-0.2, -0.15) is 0 Å². The molecule has 0 aromatic heterocycles. The summed E-state index contributed by atoms with van der Waals surface area (Å²) in [5.41, 5.74) is -0.487. The summed E-state index contributed by atoms with van der Waals surface area (Å²) >= 11 is 0. The van der Waals surface area contributed by atoms with Crippen molar-refractivity contribution in [3.8, 4) is 0 Å². The van der Waals surface area contributed by atoms with Gasteiger partial charge in [0, 0.05) is 17.9 Å². The Balaban J connectivity index is 2.00. The molecule has 1 unspecified atom stereocenters. The van der Waals surface area contributed by atoms with E-state index in [1.165, 1.54) is 0 Å². The number of benzene rings is 1. The molecule has 1 aliphatic heterocycles. The van der Waals surface area contributed by atoms with E-state index >= 15 is 0 Å². The Bertz CT molecular complexity index is 697. The number of nitrogens with one attached hydrogen (secondary N) is 1. The molecule has 1 saturated carbocycles. The molecule has 23 heavy (non-hydrogen) atoms. The summed E-state index contributed by atoms with van der Waals surface area (Å²) in [6, 6.07) is 9.37. The standard InChI is InChI=1S/C17H24N2O3S/c1-13-15-10-6-7-11-17(15,19-16(20)22-13)12-23(21,18-2)14-8-4-3-5-9-14/h3-5,8-9,13,15H,6-7,10-12H2,1-2H3,(H,19,20)/t13-,15-,17+,23?/m1/s1. The number of alkyl carbamates (subject to hydrolysis) is 1. The van der Waals surface area contributed by atoms with Crippen molar-refractivity contribution in [2.24, 2.45) is 10.3 Å². The summed E-state index contributed by atoms with van der Waals surface area (Å²) in [6.45, 7) is 1.94. The Morgan fingerprint density at radius 1 is 1.35 bits per heavy atom. The number of nitrogens with zero attached hydrogens (tertiary/aromatic N) is 1. The van der Waals surface area contributed by atoms with Gasteiger partial charge >= 0.3 is 6.09 Å². The average Bonchev–Trinajstić information content (AvgIpc) is 2.55. The molecule has 3 rings (SSSR count). The Hall–Kier alpha value is -1.56. The van der Waals surface area contributed by atoms with Gasteiger partial charge in [-0.3, -0.25) is 0 Å². The van der Waals surface area contributed by atoms with E-state index in [0.29, 0.717) is 5.75 Å². The quantitative estimate of drug-likeness (QED) is 0.921. The molecular weight excluding hydrogens is 312 g/mol. The molecule has 1 heterocycles. The summed E-state index contributed by atoms with van der Waals surface area (Å²) in [4.78, 5) is 12.7.